The third-order valence-electron chi connectivity index (χ3n) is 4.31. The number of hydrogen-bond donors (Lipinski definition) is 0. The third kappa shape index (κ3) is 4.88. The lowest BCUT2D eigenvalue weighted by atomic mass is 9.90. The van der Waals surface area contributed by atoms with E-state index >= 15 is 0 Å². The Bertz CT molecular complexity index is 590. The maximum Gasteiger partial charge on any atom is 0.233 e. The molecular weight excluding hydrogens is 306 g/mol. The van der Waals surface area contributed by atoms with Crippen LogP contribution in [0.5, 0.6) is 5.88 Å². The lowest BCUT2D eigenvalue weighted by molar-refractivity contribution is -0.132. The van der Waals surface area contributed by atoms with Crippen molar-refractivity contribution in [1.82, 2.24) is 15.1 Å². The summed E-state index contributed by atoms with van der Waals surface area (Å²) in [4.78, 5) is 26.5. The minimum atomic E-state index is -0.0906. The molecule has 0 saturated carbocycles. The molecule has 1 aliphatic heterocycles. The van der Waals surface area contributed by atoms with Crippen LogP contribution in [0.2, 0.25) is 0 Å². The van der Waals surface area contributed by atoms with E-state index in [1.165, 1.54) is 7.11 Å². The summed E-state index contributed by atoms with van der Waals surface area (Å²) >= 11 is 0. The van der Waals surface area contributed by atoms with Crippen molar-refractivity contribution in [2.45, 2.75) is 39.0 Å². The van der Waals surface area contributed by atoms with Gasteiger partial charge in [0.25, 0.3) is 0 Å². The number of methoxy groups -OCH3 is 1. The summed E-state index contributed by atoms with van der Waals surface area (Å²) in [5, 5.41) is 7.76. The fourth-order valence-corrected chi connectivity index (χ4v) is 2.86. The molecule has 2 rings (SSSR count). The number of ether oxygens (including phenoxy) is 1. The first kappa shape index (κ1) is 18.1. The molecule has 1 fully saturated rings. The van der Waals surface area contributed by atoms with Crippen LogP contribution in [0.3, 0.4) is 0 Å². The number of rotatable bonds is 7. The number of ketones is 1. The van der Waals surface area contributed by atoms with Crippen molar-refractivity contribution < 1.29 is 14.3 Å². The SMILES string of the molecule is C=C(C)CCCC(=O)N1CCC(C(=O)c2ccc(OC)nn2)CC1. The molecule has 1 saturated heterocycles. The molecule has 1 aromatic heterocycles. The highest BCUT2D eigenvalue weighted by Crippen LogP contribution is 2.22. The van der Waals surface area contributed by atoms with E-state index in [2.05, 4.69) is 16.8 Å². The predicted octanol–water partition coefficient (Wildman–Crippen LogP) is 2.65. The Hall–Kier alpha value is -2.24. The monoisotopic (exact) mass is 331 g/mol. The van der Waals surface area contributed by atoms with Crippen LogP contribution in [0, 0.1) is 5.92 Å². The molecule has 0 N–H and O–H groups in total. The van der Waals surface area contributed by atoms with E-state index in [4.69, 9.17) is 4.74 Å². The second-order valence-electron chi connectivity index (χ2n) is 6.29. The minimum Gasteiger partial charge on any atom is -0.480 e. The maximum atomic E-state index is 12.5. The molecule has 0 aromatic carbocycles. The number of carbonyl (C=O) groups excluding carboxylic acids is 2. The van der Waals surface area contributed by atoms with Crippen LogP contribution in [0.1, 0.15) is 49.5 Å². The smallest absolute Gasteiger partial charge is 0.233 e. The Morgan fingerprint density at radius 1 is 1.25 bits per heavy atom. The van der Waals surface area contributed by atoms with Gasteiger partial charge in [-0.15, -0.1) is 16.8 Å². The van der Waals surface area contributed by atoms with Gasteiger partial charge < -0.3 is 9.64 Å². The van der Waals surface area contributed by atoms with Gasteiger partial charge in [-0.1, -0.05) is 5.57 Å². The summed E-state index contributed by atoms with van der Waals surface area (Å²) in [5.41, 5.74) is 1.47. The predicted molar refractivity (Wildman–Crippen MR) is 90.9 cm³/mol. The van der Waals surface area contributed by atoms with Crippen molar-refractivity contribution in [3.63, 3.8) is 0 Å². The van der Waals surface area contributed by atoms with Crippen LogP contribution in [0.4, 0.5) is 0 Å². The number of piperidine rings is 1. The van der Waals surface area contributed by atoms with Crippen molar-refractivity contribution in [2.24, 2.45) is 5.92 Å². The number of likely N-dealkylation sites (tertiary alicyclic amines) is 1. The first-order valence-corrected chi connectivity index (χ1v) is 8.35. The van der Waals surface area contributed by atoms with Crippen molar-refractivity contribution in [1.29, 1.82) is 0 Å². The average molecular weight is 331 g/mol. The topological polar surface area (TPSA) is 72.4 Å². The van der Waals surface area contributed by atoms with Gasteiger partial charge in [-0.2, -0.15) is 0 Å². The van der Waals surface area contributed by atoms with Crippen molar-refractivity contribution in [2.75, 3.05) is 20.2 Å². The molecule has 1 aromatic rings. The number of aromatic nitrogens is 2. The number of carbonyl (C=O) groups is 2. The summed E-state index contributed by atoms with van der Waals surface area (Å²) in [7, 11) is 1.51. The highest BCUT2D eigenvalue weighted by atomic mass is 16.5. The Balaban J connectivity index is 1.81. The van der Waals surface area contributed by atoms with Crippen molar-refractivity contribution in [3.8, 4) is 5.88 Å². The van der Waals surface area contributed by atoms with Crippen LogP contribution >= 0.6 is 0 Å². The Morgan fingerprint density at radius 2 is 1.96 bits per heavy atom. The lowest BCUT2D eigenvalue weighted by Gasteiger charge is -2.31. The fourth-order valence-electron chi connectivity index (χ4n) is 2.86. The van der Waals surface area contributed by atoms with Gasteiger partial charge in [-0.25, -0.2) is 0 Å². The Morgan fingerprint density at radius 3 is 2.50 bits per heavy atom. The molecule has 1 aliphatic rings. The first-order valence-electron chi connectivity index (χ1n) is 8.35. The van der Waals surface area contributed by atoms with Crippen molar-refractivity contribution in [3.05, 3.63) is 30.0 Å². The zero-order valence-electron chi connectivity index (χ0n) is 14.5. The summed E-state index contributed by atoms with van der Waals surface area (Å²) in [6, 6.07) is 3.28. The summed E-state index contributed by atoms with van der Waals surface area (Å²) in [5.74, 6) is 0.472. The summed E-state index contributed by atoms with van der Waals surface area (Å²) in [6.07, 6.45) is 3.64. The van der Waals surface area contributed by atoms with Gasteiger partial charge in [0.05, 0.1) is 7.11 Å². The largest absolute Gasteiger partial charge is 0.480 e. The molecule has 24 heavy (non-hydrogen) atoms. The zero-order valence-corrected chi connectivity index (χ0v) is 14.5. The number of allylic oxidation sites excluding steroid dienone is 1. The van der Waals surface area contributed by atoms with E-state index in [-0.39, 0.29) is 17.6 Å². The highest BCUT2D eigenvalue weighted by molar-refractivity contribution is 5.96. The number of amides is 1. The first-order chi connectivity index (χ1) is 11.5. The van der Waals surface area contributed by atoms with E-state index in [0.29, 0.717) is 43.9 Å². The molecule has 130 valence electrons. The van der Waals surface area contributed by atoms with Crippen LogP contribution in [-0.2, 0) is 4.79 Å². The maximum absolute atomic E-state index is 12.5. The fraction of sp³-hybridized carbons (Fsp3) is 0.556. The third-order valence-corrected chi connectivity index (χ3v) is 4.31. The molecule has 0 aliphatic carbocycles. The second-order valence-corrected chi connectivity index (χ2v) is 6.29. The molecule has 0 spiro atoms. The lowest BCUT2D eigenvalue weighted by Crippen LogP contribution is -2.40. The number of Topliss-reactive ketones (excluding diaryl/α,β-unsaturated/α-hetero) is 1. The molecule has 0 radical (unpaired) electrons. The Labute approximate surface area is 142 Å². The van der Waals surface area contributed by atoms with Gasteiger partial charge in [0, 0.05) is 31.5 Å². The number of hydrogen-bond acceptors (Lipinski definition) is 5. The van der Waals surface area contributed by atoms with Crippen LogP contribution < -0.4 is 4.74 Å². The van der Waals surface area contributed by atoms with Gasteiger partial charge in [0.2, 0.25) is 11.8 Å². The van der Waals surface area contributed by atoms with E-state index in [1.807, 2.05) is 11.8 Å². The molecule has 6 heteroatoms. The molecular formula is C18H25N3O3. The van der Waals surface area contributed by atoms with E-state index in [9.17, 15) is 9.59 Å². The summed E-state index contributed by atoms with van der Waals surface area (Å²) < 4.78 is 4.95. The molecule has 6 nitrogen and oxygen atoms in total. The van der Waals surface area contributed by atoms with Gasteiger partial charge in [-0.05, 0) is 38.7 Å². The van der Waals surface area contributed by atoms with Gasteiger partial charge in [-0.3, -0.25) is 9.59 Å². The van der Waals surface area contributed by atoms with Gasteiger partial charge in [0.1, 0.15) is 5.69 Å². The molecule has 2 heterocycles. The zero-order chi connectivity index (χ0) is 17.5. The molecule has 0 atom stereocenters. The second kappa shape index (κ2) is 8.57. The van der Waals surface area contributed by atoms with E-state index in [1.54, 1.807) is 12.1 Å². The summed E-state index contributed by atoms with van der Waals surface area (Å²) in [6.45, 7) is 7.09. The van der Waals surface area contributed by atoms with Gasteiger partial charge >= 0.3 is 0 Å². The molecule has 0 bridgehead atoms. The van der Waals surface area contributed by atoms with Crippen LogP contribution in [0.15, 0.2) is 24.3 Å². The quantitative estimate of drug-likeness (QED) is 0.567. The van der Waals surface area contributed by atoms with Crippen molar-refractivity contribution >= 4 is 11.7 Å². The normalized spacial score (nSPS) is 15.2. The molecule has 0 unspecified atom stereocenters. The Kier molecular flexibility index (Phi) is 6.46. The average Bonchev–Trinajstić information content (AvgIpc) is 2.61. The standard InChI is InChI=1S/C18H25N3O3/c1-13(2)5-4-6-17(22)21-11-9-14(10-12-21)18(23)15-7-8-16(24-3)20-19-15/h7-8,14H,1,4-6,9-12H2,2-3H3. The minimum absolute atomic E-state index is 0.000431. The van der Waals surface area contributed by atoms with Crippen LogP contribution in [-0.4, -0.2) is 47.0 Å². The van der Waals surface area contributed by atoms with Gasteiger partial charge in [0.15, 0.2) is 5.78 Å². The van der Waals surface area contributed by atoms with Crippen LogP contribution in [0.25, 0.3) is 0 Å². The van der Waals surface area contributed by atoms with E-state index in [0.717, 1.165) is 18.4 Å². The highest BCUT2D eigenvalue weighted by Gasteiger charge is 2.28. The molecule has 1 amide bonds. The number of nitrogens with zero attached hydrogens (tertiary/aromatic N) is 3. The van der Waals surface area contributed by atoms with E-state index < -0.39 is 0 Å².